The number of fused-ring (bicyclic) bond motifs is 1. The highest BCUT2D eigenvalue weighted by molar-refractivity contribution is 7.98. The Bertz CT molecular complexity index is 994. The van der Waals surface area contributed by atoms with Gasteiger partial charge < -0.3 is 15.3 Å². The predicted octanol–water partition coefficient (Wildman–Crippen LogP) is 3.53. The Morgan fingerprint density at radius 2 is 2.19 bits per heavy atom. The van der Waals surface area contributed by atoms with E-state index in [0.29, 0.717) is 33.7 Å². The van der Waals surface area contributed by atoms with Gasteiger partial charge in [-0.05, 0) is 37.0 Å². The van der Waals surface area contributed by atoms with E-state index in [0.717, 1.165) is 23.4 Å². The topological polar surface area (TPSA) is 91.0 Å². The van der Waals surface area contributed by atoms with Gasteiger partial charge in [-0.1, -0.05) is 6.92 Å². The third-order valence-electron chi connectivity index (χ3n) is 4.37. The lowest BCUT2D eigenvalue weighted by Crippen LogP contribution is -2.54. The van der Waals surface area contributed by atoms with Crippen molar-refractivity contribution < 1.29 is 15.3 Å². The van der Waals surface area contributed by atoms with Crippen LogP contribution in [0, 0.1) is 6.92 Å². The largest absolute Gasteiger partial charge is 0.508 e. The van der Waals surface area contributed by atoms with Crippen molar-refractivity contribution in [3.8, 4) is 16.3 Å². The van der Waals surface area contributed by atoms with Crippen LogP contribution in [0.2, 0.25) is 0 Å². The lowest BCUT2D eigenvalue weighted by atomic mass is 10.0. The van der Waals surface area contributed by atoms with Crippen LogP contribution in [0.1, 0.15) is 36.4 Å². The third-order valence-corrected chi connectivity index (χ3v) is 6.00. The average molecular weight is 392 g/mol. The van der Waals surface area contributed by atoms with Crippen molar-refractivity contribution in [3.05, 3.63) is 44.8 Å². The number of aryl methyl sites for hydroxylation is 2. The highest BCUT2D eigenvalue weighted by atomic mass is 32.2. The molecule has 1 aromatic carbocycles. The average Bonchev–Trinajstić information content (AvgIpc) is 3.04. The van der Waals surface area contributed by atoms with Crippen LogP contribution in [-0.4, -0.2) is 22.1 Å². The summed E-state index contributed by atoms with van der Waals surface area (Å²) in [5.74, 6) is 1.62. The maximum absolute atomic E-state index is 13.3. The van der Waals surface area contributed by atoms with Crippen LogP contribution < -0.4 is 11.2 Å². The van der Waals surface area contributed by atoms with Crippen molar-refractivity contribution in [3.63, 3.8) is 0 Å². The van der Waals surface area contributed by atoms with Crippen molar-refractivity contribution in [1.82, 2.24) is 4.98 Å². The maximum Gasteiger partial charge on any atom is 0.203 e. The van der Waals surface area contributed by atoms with Gasteiger partial charge in [0.2, 0.25) is 5.43 Å². The van der Waals surface area contributed by atoms with E-state index in [4.69, 9.17) is 4.42 Å². The summed E-state index contributed by atoms with van der Waals surface area (Å²) in [7, 11) is 0. The quantitative estimate of drug-likeness (QED) is 0.671. The molecule has 0 spiro atoms. The molecule has 0 fully saturated rings. The van der Waals surface area contributed by atoms with E-state index >= 15 is 0 Å². The van der Waals surface area contributed by atoms with Gasteiger partial charge in [-0.15, -0.1) is 11.3 Å². The van der Waals surface area contributed by atoms with Crippen molar-refractivity contribution in [2.45, 2.75) is 32.7 Å². The predicted molar refractivity (Wildman–Crippen MR) is 108 cm³/mol. The van der Waals surface area contributed by atoms with Gasteiger partial charge in [-0.25, -0.2) is 4.98 Å². The van der Waals surface area contributed by atoms with E-state index in [9.17, 15) is 9.90 Å². The van der Waals surface area contributed by atoms with Crippen LogP contribution in [0.4, 0.5) is 0 Å². The van der Waals surface area contributed by atoms with Crippen molar-refractivity contribution in [2.24, 2.45) is 0 Å². The van der Waals surface area contributed by atoms with Gasteiger partial charge in [0.05, 0.1) is 5.39 Å². The monoisotopic (exact) mass is 391 g/mol. The Labute approximate surface area is 160 Å². The SMILES string of the molecule is CCc1cc2c(=O)c(-c3nc(C)cs3)c([C@@H]([NH3+])CCSC)oc2cc1O. The first-order valence-electron chi connectivity index (χ1n) is 8.53. The van der Waals surface area contributed by atoms with Crippen molar-refractivity contribution in [1.29, 1.82) is 0 Å². The molecule has 0 aliphatic heterocycles. The van der Waals surface area contributed by atoms with Crippen LogP contribution in [0.15, 0.2) is 26.7 Å². The fraction of sp³-hybridized carbons (Fsp3) is 0.368. The highest BCUT2D eigenvalue weighted by Crippen LogP contribution is 2.33. The number of benzene rings is 1. The van der Waals surface area contributed by atoms with Gasteiger partial charge >= 0.3 is 0 Å². The molecule has 3 rings (SSSR count). The number of rotatable bonds is 6. The number of hydrogen-bond donors (Lipinski definition) is 2. The van der Waals surface area contributed by atoms with Gasteiger partial charge in [-0.3, -0.25) is 4.79 Å². The number of hydrogen-bond acceptors (Lipinski definition) is 6. The summed E-state index contributed by atoms with van der Waals surface area (Å²) in [6.07, 6.45) is 3.48. The molecule has 138 valence electrons. The molecule has 3 aromatic rings. The fourth-order valence-electron chi connectivity index (χ4n) is 2.93. The Hall–Kier alpha value is -1.83. The molecule has 0 aliphatic carbocycles. The first-order valence-corrected chi connectivity index (χ1v) is 10.8. The van der Waals surface area contributed by atoms with Crippen LogP contribution in [0.25, 0.3) is 21.5 Å². The minimum atomic E-state index is -0.160. The van der Waals surface area contributed by atoms with Gasteiger partial charge in [-0.2, -0.15) is 11.8 Å². The second kappa shape index (κ2) is 7.82. The second-order valence-electron chi connectivity index (χ2n) is 6.27. The first kappa shape index (κ1) is 18.9. The van der Waals surface area contributed by atoms with E-state index in [1.807, 2.05) is 25.5 Å². The standard InChI is InChI=1S/C19H22N2O3S2/c1-4-11-7-12-15(8-14(11)22)24-18(13(20)5-6-25-3)16(17(12)23)19-21-10(2)9-26-19/h7-9,13,22H,4-6,20H2,1-3H3/p+1/t13-/m0/s1. The maximum atomic E-state index is 13.3. The van der Waals surface area contributed by atoms with Crippen molar-refractivity contribution >= 4 is 34.1 Å². The molecular formula is C19H23N2O3S2+. The number of thioether (sulfide) groups is 1. The molecule has 26 heavy (non-hydrogen) atoms. The summed E-state index contributed by atoms with van der Waals surface area (Å²) in [6, 6.07) is 3.10. The summed E-state index contributed by atoms with van der Waals surface area (Å²) in [5, 5.41) is 13.2. The first-order chi connectivity index (χ1) is 12.5. The second-order valence-corrected chi connectivity index (χ2v) is 8.12. The van der Waals surface area contributed by atoms with Gasteiger partial charge in [0.1, 0.15) is 27.9 Å². The fourth-order valence-corrected chi connectivity index (χ4v) is 4.29. The normalized spacial score (nSPS) is 12.6. The molecule has 2 heterocycles. The number of nitrogens with zero attached hydrogens (tertiary/aromatic N) is 1. The van der Waals surface area contributed by atoms with Crippen LogP contribution in [-0.2, 0) is 6.42 Å². The molecule has 4 N–H and O–H groups in total. The van der Waals surface area contributed by atoms with Crippen LogP contribution >= 0.6 is 23.1 Å². The molecule has 1 atom stereocenters. The van der Waals surface area contributed by atoms with Crippen LogP contribution in [0.5, 0.6) is 5.75 Å². The molecule has 0 bridgehead atoms. The Morgan fingerprint density at radius 1 is 1.42 bits per heavy atom. The summed E-state index contributed by atoms with van der Waals surface area (Å²) in [4.78, 5) is 17.8. The zero-order valence-corrected chi connectivity index (χ0v) is 16.8. The van der Waals surface area contributed by atoms with Gasteiger partial charge in [0.25, 0.3) is 0 Å². The van der Waals surface area contributed by atoms with Gasteiger partial charge in [0.15, 0.2) is 5.76 Å². The minimum Gasteiger partial charge on any atom is -0.508 e. The summed E-state index contributed by atoms with van der Waals surface area (Å²) < 4.78 is 6.11. The smallest absolute Gasteiger partial charge is 0.203 e. The number of aromatic hydroxyl groups is 1. The van der Waals surface area contributed by atoms with E-state index in [-0.39, 0.29) is 17.2 Å². The van der Waals surface area contributed by atoms with E-state index in [1.54, 1.807) is 17.8 Å². The molecule has 0 aliphatic rings. The zero-order chi connectivity index (χ0) is 18.8. The van der Waals surface area contributed by atoms with E-state index in [1.165, 1.54) is 17.4 Å². The summed E-state index contributed by atoms with van der Waals surface area (Å²) in [5.41, 5.74) is 6.61. The number of thiazole rings is 1. The lowest BCUT2D eigenvalue weighted by Gasteiger charge is -2.13. The number of phenols is 1. The van der Waals surface area contributed by atoms with Crippen LogP contribution in [0.3, 0.4) is 0 Å². The van der Waals surface area contributed by atoms with E-state index < -0.39 is 0 Å². The molecule has 0 saturated carbocycles. The zero-order valence-electron chi connectivity index (χ0n) is 15.2. The molecule has 0 radical (unpaired) electrons. The molecule has 0 amide bonds. The minimum absolute atomic E-state index is 0.108. The molecule has 0 unspecified atom stereocenters. The van der Waals surface area contributed by atoms with E-state index in [2.05, 4.69) is 10.7 Å². The number of aromatic nitrogens is 1. The summed E-state index contributed by atoms with van der Waals surface area (Å²) in [6.45, 7) is 3.85. The lowest BCUT2D eigenvalue weighted by molar-refractivity contribution is -0.430. The van der Waals surface area contributed by atoms with Gasteiger partial charge in [0, 0.05) is 23.6 Å². The molecule has 7 heteroatoms. The van der Waals surface area contributed by atoms with Crippen molar-refractivity contribution in [2.75, 3.05) is 12.0 Å². The molecule has 5 nitrogen and oxygen atoms in total. The molecular weight excluding hydrogens is 368 g/mol. The number of quaternary nitrogens is 1. The highest BCUT2D eigenvalue weighted by Gasteiger charge is 2.25. The Balaban J connectivity index is 2.30. The Kier molecular flexibility index (Phi) is 5.70. The summed E-state index contributed by atoms with van der Waals surface area (Å²) >= 11 is 3.17. The Morgan fingerprint density at radius 3 is 2.81 bits per heavy atom. The molecule has 2 aromatic heterocycles. The number of phenolic OH excluding ortho intramolecular Hbond substituents is 1. The third kappa shape index (κ3) is 3.51. The molecule has 0 saturated heterocycles.